The van der Waals surface area contributed by atoms with E-state index in [0.717, 1.165) is 23.5 Å². The third-order valence-electron chi connectivity index (χ3n) is 5.15. The van der Waals surface area contributed by atoms with Crippen molar-refractivity contribution >= 4 is 0 Å². The van der Waals surface area contributed by atoms with Gasteiger partial charge >= 0.3 is 0 Å². The number of hydrogen-bond acceptors (Lipinski definition) is 3. The molecule has 1 heterocycles. The number of ether oxygens (including phenoxy) is 2. The van der Waals surface area contributed by atoms with Gasteiger partial charge < -0.3 is 14.8 Å². The first-order chi connectivity index (χ1) is 10.4. The molecule has 1 aromatic rings. The SMILES string of the molecule is c1cc2c(cc1C1CCCCC1CNC1CC1)OCCO2. The van der Waals surface area contributed by atoms with Crippen LogP contribution in [0.1, 0.15) is 50.0 Å². The molecule has 4 rings (SSSR count). The van der Waals surface area contributed by atoms with Crippen LogP contribution in [0.2, 0.25) is 0 Å². The van der Waals surface area contributed by atoms with Crippen molar-refractivity contribution in [3.05, 3.63) is 23.8 Å². The summed E-state index contributed by atoms with van der Waals surface area (Å²) in [4.78, 5) is 0. The molecular formula is C18H25NO2. The lowest BCUT2D eigenvalue weighted by molar-refractivity contribution is 0.171. The molecule has 0 bridgehead atoms. The topological polar surface area (TPSA) is 30.5 Å². The first kappa shape index (κ1) is 13.4. The zero-order valence-electron chi connectivity index (χ0n) is 12.6. The molecule has 3 nitrogen and oxygen atoms in total. The second kappa shape index (κ2) is 5.88. The van der Waals surface area contributed by atoms with E-state index in [1.54, 1.807) is 0 Å². The zero-order valence-corrected chi connectivity index (χ0v) is 12.6. The van der Waals surface area contributed by atoms with Gasteiger partial charge in [-0.3, -0.25) is 0 Å². The molecule has 0 aromatic heterocycles. The van der Waals surface area contributed by atoms with Crippen molar-refractivity contribution in [2.75, 3.05) is 19.8 Å². The van der Waals surface area contributed by atoms with E-state index in [-0.39, 0.29) is 0 Å². The number of rotatable bonds is 4. The molecule has 3 heteroatoms. The molecule has 114 valence electrons. The molecule has 0 spiro atoms. The van der Waals surface area contributed by atoms with Gasteiger partial charge in [0.25, 0.3) is 0 Å². The number of nitrogens with one attached hydrogen (secondary N) is 1. The van der Waals surface area contributed by atoms with Crippen LogP contribution < -0.4 is 14.8 Å². The minimum absolute atomic E-state index is 0.670. The van der Waals surface area contributed by atoms with E-state index in [1.807, 2.05) is 0 Å². The van der Waals surface area contributed by atoms with Crippen molar-refractivity contribution in [2.45, 2.75) is 50.5 Å². The van der Waals surface area contributed by atoms with Crippen molar-refractivity contribution < 1.29 is 9.47 Å². The van der Waals surface area contributed by atoms with E-state index in [4.69, 9.17) is 9.47 Å². The van der Waals surface area contributed by atoms with Gasteiger partial charge in [0.05, 0.1) is 0 Å². The van der Waals surface area contributed by atoms with E-state index < -0.39 is 0 Å². The molecule has 2 atom stereocenters. The van der Waals surface area contributed by atoms with Gasteiger partial charge in [-0.15, -0.1) is 0 Å². The molecule has 0 radical (unpaired) electrons. The first-order valence-corrected chi connectivity index (χ1v) is 8.53. The standard InChI is InChI=1S/C18H25NO2/c1-2-4-16(14(3-1)12-19-15-6-7-15)13-5-8-17-18(11-13)21-10-9-20-17/h5,8,11,14-16,19H,1-4,6-7,9-10,12H2. The Balaban J connectivity index is 1.51. The first-order valence-electron chi connectivity index (χ1n) is 8.53. The minimum Gasteiger partial charge on any atom is -0.486 e. The number of benzene rings is 1. The molecule has 2 fully saturated rings. The fraction of sp³-hybridized carbons (Fsp3) is 0.667. The maximum atomic E-state index is 5.76. The molecule has 3 aliphatic rings. The highest BCUT2D eigenvalue weighted by Gasteiger charge is 2.29. The third-order valence-corrected chi connectivity index (χ3v) is 5.15. The van der Waals surface area contributed by atoms with Crippen molar-refractivity contribution in [2.24, 2.45) is 5.92 Å². The van der Waals surface area contributed by atoms with Crippen molar-refractivity contribution in [1.29, 1.82) is 0 Å². The largest absolute Gasteiger partial charge is 0.486 e. The molecule has 0 saturated heterocycles. The van der Waals surface area contributed by atoms with Crippen LogP contribution in [0.4, 0.5) is 0 Å². The lowest BCUT2D eigenvalue weighted by Crippen LogP contribution is -2.30. The third kappa shape index (κ3) is 3.03. The van der Waals surface area contributed by atoms with Gasteiger partial charge in [0.2, 0.25) is 0 Å². The van der Waals surface area contributed by atoms with E-state index in [9.17, 15) is 0 Å². The molecule has 1 aromatic carbocycles. The van der Waals surface area contributed by atoms with Gasteiger partial charge in [0.1, 0.15) is 13.2 Å². The highest BCUT2D eigenvalue weighted by atomic mass is 16.6. The van der Waals surface area contributed by atoms with Crippen LogP contribution in [-0.2, 0) is 0 Å². The molecule has 0 amide bonds. The second-order valence-electron chi connectivity index (χ2n) is 6.74. The molecular weight excluding hydrogens is 262 g/mol. The quantitative estimate of drug-likeness (QED) is 0.919. The van der Waals surface area contributed by atoms with E-state index in [1.165, 1.54) is 50.6 Å². The smallest absolute Gasteiger partial charge is 0.161 e. The lowest BCUT2D eigenvalue weighted by Gasteiger charge is -2.33. The van der Waals surface area contributed by atoms with Crippen LogP contribution >= 0.6 is 0 Å². The minimum atomic E-state index is 0.670. The van der Waals surface area contributed by atoms with Gasteiger partial charge in [-0.1, -0.05) is 18.9 Å². The van der Waals surface area contributed by atoms with Crippen molar-refractivity contribution in [1.82, 2.24) is 5.32 Å². The highest BCUT2D eigenvalue weighted by Crippen LogP contribution is 2.41. The van der Waals surface area contributed by atoms with Crippen LogP contribution in [-0.4, -0.2) is 25.8 Å². The summed E-state index contributed by atoms with van der Waals surface area (Å²) in [5.74, 6) is 3.31. The molecule has 2 aliphatic carbocycles. The average molecular weight is 287 g/mol. The summed E-state index contributed by atoms with van der Waals surface area (Å²) in [6, 6.07) is 7.40. The molecule has 2 saturated carbocycles. The Hall–Kier alpha value is -1.22. The monoisotopic (exact) mass is 287 g/mol. The Bertz CT molecular complexity index is 498. The summed E-state index contributed by atoms with van der Waals surface area (Å²) in [5.41, 5.74) is 1.45. The van der Waals surface area contributed by atoms with Gasteiger partial charge in [-0.25, -0.2) is 0 Å². The van der Waals surface area contributed by atoms with E-state index >= 15 is 0 Å². The lowest BCUT2D eigenvalue weighted by atomic mass is 9.75. The zero-order chi connectivity index (χ0) is 14.1. The number of hydrogen-bond donors (Lipinski definition) is 1. The Morgan fingerprint density at radius 3 is 2.62 bits per heavy atom. The normalized spacial score (nSPS) is 28.4. The summed E-state index contributed by atoms with van der Waals surface area (Å²) in [7, 11) is 0. The van der Waals surface area contributed by atoms with Gasteiger partial charge in [-0.05, 0) is 61.8 Å². The molecule has 1 aliphatic heterocycles. The second-order valence-corrected chi connectivity index (χ2v) is 6.74. The maximum Gasteiger partial charge on any atom is 0.161 e. The van der Waals surface area contributed by atoms with E-state index in [2.05, 4.69) is 23.5 Å². The summed E-state index contributed by atoms with van der Waals surface area (Å²) in [6.07, 6.45) is 8.18. The Kier molecular flexibility index (Phi) is 3.76. The number of fused-ring (bicyclic) bond motifs is 1. The van der Waals surface area contributed by atoms with Crippen LogP contribution in [0, 0.1) is 5.92 Å². The summed E-state index contributed by atoms with van der Waals surface area (Å²) in [6.45, 7) is 2.53. The molecule has 21 heavy (non-hydrogen) atoms. The molecule has 2 unspecified atom stereocenters. The Morgan fingerprint density at radius 2 is 1.76 bits per heavy atom. The van der Waals surface area contributed by atoms with Gasteiger partial charge in [-0.2, -0.15) is 0 Å². The predicted octanol–water partition coefficient (Wildman–Crippen LogP) is 3.48. The van der Waals surface area contributed by atoms with Gasteiger partial charge in [0, 0.05) is 6.04 Å². The van der Waals surface area contributed by atoms with E-state index in [0.29, 0.717) is 19.1 Å². The highest BCUT2D eigenvalue weighted by molar-refractivity contribution is 5.45. The summed E-state index contributed by atoms with van der Waals surface area (Å²) < 4.78 is 11.4. The maximum absolute atomic E-state index is 5.76. The summed E-state index contributed by atoms with van der Waals surface area (Å²) in [5, 5.41) is 3.73. The molecule has 1 N–H and O–H groups in total. The van der Waals surface area contributed by atoms with Crippen LogP contribution in [0.15, 0.2) is 18.2 Å². The van der Waals surface area contributed by atoms with Crippen LogP contribution in [0.25, 0.3) is 0 Å². The predicted molar refractivity (Wildman–Crippen MR) is 83.2 cm³/mol. The van der Waals surface area contributed by atoms with Gasteiger partial charge in [0.15, 0.2) is 11.5 Å². The van der Waals surface area contributed by atoms with Crippen LogP contribution in [0.5, 0.6) is 11.5 Å². The Morgan fingerprint density at radius 1 is 0.952 bits per heavy atom. The summed E-state index contributed by atoms with van der Waals surface area (Å²) >= 11 is 0. The fourth-order valence-corrected chi connectivity index (χ4v) is 3.79. The van der Waals surface area contributed by atoms with Crippen molar-refractivity contribution in [3.8, 4) is 11.5 Å². The fourth-order valence-electron chi connectivity index (χ4n) is 3.79. The Labute approximate surface area is 127 Å². The van der Waals surface area contributed by atoms with Crippen molar-refractivity contribution in [3.63, 3.8) is 0 Å². The average Bonchev–Trinajstić information content (AvgIpc) is 3.37. The van der Waals surface area contributed by atoms with Crippen LogP contribution in [0.3, 0.4) is 0 Å².